The van der Waals surface area contributed by atoms with Crippen LogP contribution in [-0.4, -0.2) is 17.2 Å². The maximum absolute atomic E-state index is 9.17. The van der Waals surface area contributed by atoms with E-state index in [1.807, 2.05) is 24.3 Å². The molecular formula is C13H14N2O2. The fraction of sp³-hybridized carbons (Fsp3) is 0.154. The lowest BCUT2D eigenvalue weighted by molar-refractivity contribution is 0.277. The Kier molecular flexibility index (Phi) is 3.25. The Morgan fingerprint density at radius 3 is 2.94 bits per heavy atom. The predicted octanol–water partition coefficient (Wildman–Crippen LogP) is 1.67. The Balaban J connectivity index is 2.81. The van der Waals surface area contributed by atoms with Gasteiger partial charge in [-0.2, -0.15) is 0 Å². The third kappa shape index (κ3) is 2.07. The first-order valence-corrected chi connectivity index (χ1v) is 5.26. The van der Waals surface area contributed by atoms with Gasteiger partial charge in [0.15, 0.2) is 0 Å². The molecule has 0 atom stereocenters. The zero-order valence-electron chi connectivity index (χ0n) is 9.55. The first-order chi connectivity index (χ1) is 8.30. The van der Waals surface area contributed by atoms with Gasteiger partial charge in [0.1, 0.15) is 5.75 Å². The van der Waals surface area contributed by atoms with Crippen LogP contribution in [0.2, 0.25) is 0 Å². The van der Waals surface area contributed by atoms with Crippen molar-refractivity contribution in [3.8, 4) is 5.75 Å². The first kappa shape index (κ1) is 11.4. The molecule has 88 valence electrons. The topological polar surface area (TPSA) is 68.4 Å². The molecule has 4 nitrogen and oxygen atoms in total. The van der Waals surface area contributed by atoms with E-state index in [4.69, 9.17) is 15.6 Å². The molecule has 17 heavy (non-hydrogen) atoms. The number of hydrogen-bond acceptors (Lipinski definition) is 4. The number of hydrogen-bond donors (Lipinski definition) is 2. The summed E-state index contributed by atoms with van der Waals surface area (Å²) in [6.07, 6.45) is 3.12. The zero-order valence-corrected chi connectivity index (χ0v) is 9.55. The molecule has 1 aromatic carbocycles. The van der Waals surface area contributed by atoms with Gasteiger partial charge >= 0.3 is 0 Å². The van der Waals surface area contributed by atoms with Crippen LogP contribution < -0.4 is 10.5 Å². The average molecular weight is 230 g/mol. The van der Waals surface area contributed by atoms with Crippen molar-refractivity contribution in [2.45, 2.75) is 6.61 Å². The zero-order chi connectivity index (χ0) is 12.3. The van der Waals surface area contributed by atoms with E-state index in [1.54, 1.807) is 13.2 Å². The van der Waals surface area contributed by atoms with Gasteiger partial charge in [0.25, 0.3) is 0 Å². The number of methoxy groups -OCH3 is 1. The van der Waals surface area contributed by atoms with E-state index in [9.17, 15) is 0 Å². The molecule has 1 aromatic heterocycles. The molecule has 0 amide bonds. The highest BCUT2D eigenvalue weighted by Gasteiger charge is 2.08. The lowest BCUT2D eigenvalue weighted by atomic mass is 10.1. The van der Waals surface area contributed by atoms with Crippen molar-refractivity contribution in [3.05, 3.63) is 41.9 Å². The van der Waals surface area contributed by atoms with Crippen LogP contribution in [0, 0.1) is 0 Å². The summed E-state index contributed by atoms with van der Waals surface area (Å²) in [6.45, 7) is -0.0986. The SMILES string of the molecule is COc1cccc2cc(CO)nc(C=CN)c12. The summed E-state index contributed by atoms with van der Waals surface area (Å²) < 4.78 is 5.31. The molecule has 0 aliphatic rings. The molecule has 2 rings (SSSR count). The number of ether oxygens (including phenoxy) is 1. The molecule has 3 N–H and O–H groups in total. The molecule has 0 radical (unpaired) electrons. The Bertz CT molecular complexity index is 565. The summed E-state index contributed by atoms with van der Waals surface area (Å²) in [5.41, 5.74) is 6.72. The third-order valence-electron chi connectivity index (χ3n) is 2.54. The van der Waals surface area contributed by atoms with E-state index < -0.39 is 0 Å². The van der Waals surface area contributed by atoms with E-state index >= 15 is 0 Å². The molecule has 0 aliphatic carbocycles. The van der Waals surface area contributed by atoms with Crippen LogP contribution >= 0.6 is 0 Å². The highest BCUT2D eigenvalue weighted by Crippen LogP contribution is 2.29. The van der Waals surface area contributed by atoms with E-state index in [0.29, 0.717) is 11.4 Å². The van der Waals surface area contributed by atoms with Crippen molar-refractivity contribution < 1.29 is 9.84 Å². The van der Waals surface area contributed by atoms with Crippen LogP contribution in [0.15, 0.2) is 30.5 Å². The van der Waals surface area contributed by atoms with Gasteiger partial charge in [-0.3, -0.25) is 4.98 Å². The van der Waals surface area contributed by atoms with Crippen LogP contribution in [0.4, 0.5) is 0 Å². The quantitative estimate of drug-likeness (QED) is 0.841. The van der Waals surface area contributed by atoms with Gasteiger partial charge in [0.2, 0.25) is 0 Å². The van der Waals surface area contributed by atoms with Gasteiger partial charge in [0.05, 0.1) is 25.1 Å². The lowest BCUT2D eigenvalue weighted by Crippen LogP contribution is -1.96. The summed E-state index contributed by atoms with van der Waals surface area (Å²) >= 11 is 0. The van der Waals surface area contributed by atoms with Gasteiger partial charge in [-0.15, -0.1) is 0 Å². The van der Waals surface area contributed by atoms with Crippen molar-refractivity contribution in [2.24, 2.45) is 5.73 Å². The molecule has 0 saturated carbocycles. The standard InChI is InChI=1S/C13H14N2O2/c1-17-12-4-2-3-9-7-10(8-16)15-11(5-6-14)13(9)12/h2-7,16H,8,14H2,1H3. The highest BCUT2D eigenvalue weighted by atomic mass is 16.5. The summed E-state index contributed by atoms with van der Waals surface area (Å²) in [6, 6.07) is 7.56. The normalized spacial score (nSPS) is 11.2. The second-order valence-corrected chi connectivity index (χ2v) is 3.57. The van der Waals surface area contributed by atoms with Crippen LogP contribution in [-0.2, 0) is 6.61 Å². The number of nitrogens with two attached hydrogens (primary N) is 1. The monoisotopic (exact) mass is 230 g/mol. The van der Waals surface area contributed by atoms with E-state index in [-0.39, 0.29) is 6.61 Å². The number of rotatable bonds is 3. The Labute approximate surface area is 99.4 Å². The van der Waals surface area contributed by atoms with Gasteiger partial charge in [-0.25, -0.2) is 0 Å². The van der Waals surface area contributed by atoms with E-state index in [0.717, 1.165) is 16.5 Å². The summed E-state index contributed by atoms with van der Waals surface area (Å²) in [7, 11) is 1.62. The summed E-state index contributed by atoms with van der Waals surface area (Å²) in [5.74, 6) is 0.743. The average Bonchev–Trinajstić information content (AvgIpc) is 2.37. The number of aliphatic hydroxyl groups is 1. The van der Waals surface area contributed by atoms with Crippen molar-refractivity contribution in [1.82, 2.24) is 4.98 Å². The van der Waals surface area contributed by atoms with Crippen molar-refractivity contribution in [3.63, 3.8) is 0 Å². The second-order valence-electron chi connectivity index (χ2n) is 3.57. The smallest absolute Gasteiger partial charge is 0.128 e. The van der Waals surface area contributed by atoms with Crippen molar-refractivity contribution >= 4 is 16.8 Å². The molecule has 0 aliphatic heterocycles. The van der Waals surface area contributed by atoms with Crippen LogP contribution in [0.5, 0.6) is 5.75 Å². The molecular weight excluding hydrogens is 216 g/mol. The van der Waals surface area contributed by atoms with Gasteiger partial charge in [-0.05, 0) is 29.8 Å². The van der Waals surface area contributed by atoms with Gasteiger partial charge < -0.3 is 15.6 Å². The third-order valence-corrected chi connectivity index (χ3v) is 2.54. The second kappa shape index (κ2) is 4.84. The van der Waals surface area contributed by atoms with Crippen molar-refractivity contribution in [2.75, 3.05) is 7.11 Å². The maximum Gasteiger partial charge on any atom is 0.128 e. The van der Waals surface area contributed by atoms with E-state index in [1.165, 1.54) is 6.20 Å². The number of pyridine rings is 1. The van der Waals surface area contributed by atoms with Gasteiger partial charge in [0, 0.05) is 5.39 Å². The lowest BCUT2D eigenvalue weighted by Gasteiger charge is -2.09. The largest absolute Gasteiger partial charge is 0.496 e. The van der Waals surface area contributed by atoms with Crippen LogP contribution in [0.25, 0.3) is 16.8 Å². The fourth-order valence-electron chi connectivity index (χ4n) is 1.83. The number of aliphatic hydroxyl groups excluding tert-OH is 1. The van der Waals surface area contributed by atoms with Gasteiger partial charge in [-0.1, -0.05) is 12.1 Å². The minimum absolute atomic E-state index is 0.0986. The molecule has 4 heteroatoms. The first-order valence-electron chi connectivity index (χ1n) is 5.26. The number of nitrogens with zero attached hydrogens (tertiary/aromatic N) is 1. The molecule has 2 aromatic rings. The van der Waals surface area contributed by atoms with Crippen LogP contribution in [0.3, 0.4) is 0 Å². The number of benzene rings is 1. The Hall–Kier alpha value is -2.07. The Morgan fingerprint density at radius 2 is 2.29 bits per heavy atom. The van der Waals surface area contributed by atoms with E-state index in [2.05, 4.69) is 4.98 Å². The number of fused-ring (bicyclic) bond motifs is 1. The molecule has 0 spiro atoms. The molecule has 0 saturated heterocycles. The van der Waals surface area contributed by atoms with Crippen molar-refractivity contribution in [1.29, 1.82) is 0 Å². The minimum Gasteiger partial charge on any atom is -0.496 e. The fourth-order valence-corrected chi connectivity index (χ4v) is 1.83. The molecule has 1 heterocycles. The molecule has 0 unspecified atom stereocenters. The highest BCUT2D eigenvalue weighted by molar-refractivity contribution is 5.94. The minimum atomic E-state index is -0.0986. The van der Waals surface area contributed by atoms with Crippen LogP contribution in [0.1, 0.15) is 11.4 Å². The number of aromatic nitrogens is 1. The summed E-state index contributed by atoms with van der Waals surface area (Å²) in [4.78, 5) is 4.32. The predicted molar refractivity (Wildman–Crippen MR) is 67.4 cm³/mol. The Morgan fingerprint density at radius 1 is 1.47 bits per heavy atom. The maximum atomic E-state index is 9.17. The molecule has 0 fully saturated rings. The summed E-state index contributed by atoms with van der Waals surface area (Å²) in [5, 5.41) is 11.0. The molecule has 0 bridgehead atoms.